The predicted molar refractivity (Wildman–Crippen MR) is 125 cm³/mol. The Morgan fingerprint density at radius 1 is 1.03 bits per heavy atom. The Bertz CT molecular complexity index is 1010. The third kappa shape index (κ3) is 5.84. The molecule has 4 N–H and O–H groups in total. The van der Waals surface area contributed by atoms with Crippen molar-refractivity contribution in [1.29, 1.82) is 0 Å². The van der Waals surface area contributed by atoms with Crippen LogP contribution in [0.1, 0.15) is 60.9 Å². The van der Waals surface area contributed by atoms with E-state index in [9.17, 15) is 9.59 Å². The Morgan fingerprint density at radius 3 is 2.42 bits per heavy atom. The number of rotatable bonds is 5. The monoisotopic (exact) mass is 421 g/mol. The van der Waals surface area contributed by atoms with Gasteiger partial charge in [-0.25, -0.2) is 0 Å². The second kappa shape index (κ2) is 9.20. The van der Waals surface area contributed by atoms with Crippen LogP contribution in [0, 0.1) is 0 Å². The molecule has 0 spiro atoms. The van der Waals surface area contributed by atoms with E-state index >= 15 is 0 Å². The molecule has 2 aromatic carbocycles. The van der Waals surface area contributed by atoms with Gasteiger partial charge >= 0.3 is 0 Å². The molecule has 0 aromatic heterocycles. The SMILES string of the molecule is CC(C)NC(=O)c1cccc(Nc2ccc(C(=O)NC3=NCCN3)cc2C(C)(C)C)c1. The molecule has 1 heterocycles. The summed E-state index contributed by atoms with van der Waals surface area (Å²) >= 11 is 0. The summed E-state index contributed by atoms with van der Waals surface area (Å²) in [6, 6.07) is 13.1. The normalized spacial score (nSPS) is 13.4. The van der Waals surface area contributed by atoms with Gasteiger partial charge in [-0.15, -0.1) is 0 Å². The first-order valence-electron chi connectivity index (χ1n) is 10.6. The van der Waals surface area contributed by atoms with Gasteiger partial charge in [-0.05, 0) is 61.2 Å². The highest BCUT2D eigenvalue weighted by molar-refractivity contribution is 6.06. The van der Waals surface area contributed by atoms with Crippen LogP contribution in [0.3, 0.4) is 0 Å². The first kappa shape index (κ1) is 22.3. The number of guanidine groups is 1. The van der Waals surface area contributed by atoms with Crippen LogP contribution in [0.25, 0.3) is 0 Å². The number of nitrogens with one attached hydrogen (secondary N) is 4. The Kier molecular flexibility index (Phi) is 6.63. The number of benzene rings is 2. The Hall–Kier alpha value is -3.35. The molecule has 0 fully saturated rings. The Labute approximate surface area is 183 Å². The van der Waals surface area contributed by atoms with Crippen molar-refractivity contribution in [3.63, 3.8) is 0 Å². The zero-order valence-corrected chi connectivity index (χ0v) is 18.8. The summed E-state index contributed by atoms with van der Waals surface area (Å²) in [5, 5.41) is 12.2. The van der Waals surface area contributed by atoms with Gasteiger partial charge in [0.05, 0.1) is 6.54 Å². The highest BCUT2D eigenvalue weighted by Gasteiger charge is 2.21. The minimum Gasteiger partial charge on any atom is -0.355 e. The maximum Gasteiger partial charge on any atom is 0.257 e. The molecule has 2 aromatic rings. The summed E-state index contributed by atoms with van der Waals surface area (Å²) in [5.74, 6) is 0.212. The zero-order chi connectivity index (χ0) is 22.6. The molecule has 0 radical (unpaired) electrons. The summed E-state index contributed by atoms with van der Waals surface area (Å²) < 4.78 is 0. The van der Waals surface area contributed by atoms with E-state index in [4.69, 9.17) is 0 Å². The summed E-state index contributed by atoms with van der Waals surface area (Å²) in [6.07, 6.45) is 0. The van der Waals surface area contributed by atoms with Crippen LogP contribution in [0.4, 0.5) is 11.4 Å². The standard InChI is InChI=1S/C24H31N5O2/c1-15(2)27-21(30)16-7-6-8-18(13-16)28-20-10-9-17(14-19(20)24(3,4)5)22(31)29-23-25-11-12-26-23/h6-10,13-15,28H,11-12H2,1-5H3,(H,27,30)(H2,25,26,29,31). The van der Waals surface area contributed by atoms with Crippen LogP contribution in [-0.2, 0) is 5.41 Å². The number of hydrogen-bond donors (Lipinski definition) is 4. The predicted octanol–water partition coefficient (Wildman–Crippen LogP) is 3.55. The van der Waals surface area contributed by atoms with E-state index in [0.29, 0.717) is 23.6 Å². The lowest BCUT2D eigenvalue weighted by Gasteiger charge is -2.24. The third-order valence-corrected chi connectivity index (χ3v) is 4.82. The molecule has 0 bridgehead atoms. The third-order valence-electron chi connectivity index (χ3n) is 4.82. The summed E-state index contributed by atoms with van der Waals surface area (Å²) in [5.41, 5.74) is 3.66. The van der Waals surface area contributed by atoms with Crippen molar-refractivity contribution in [2.45, 2.75) is 46.1 Å². The van der Waals surface area contributed by atoms with Crippen molar-refractivity contribution in [1.82, 2.24) is 16.0 Å². The van der Waals surface area contributed by atoms with Crippen molar-refractivity contribution >= 4 is 29.1 Å². The molecule has 0 saturated heterocycles. The van der Waals surface area contributed by atoms with Gasteiger partial charge in [0, 0.05) is 35.1 Å². The van der Waals surface area contributed by atoms with E-state index in [2.05, 4.69) is 47.0 Å². The van der Waals surface area contributed by atoms with E-state index in [1.165, 1.54) is 0 Å². The molecular weight excluding hydrogens is 390 g/mol. The van der Waals surface area contributed by atoms with Gasteiger partial charge in [-0.3, -0.25) is 19.9 Å². The minimum atomic E-state index is -0.200. The number of amides is 2. The maximum absolute atomic E-state index is 12.7. The van der Waals surface area contributed by atoms with Crippen LogP contribution >= 0.6 is 0 Å². The average Bonchev–Trinajstić information content (AvgIpc) is 3.20. The molecular formula is C24H31N5O2. The number of anilines is 2. The lowest BCUT2D eigenvalue weighted by molar-refractivity contribution is 0.0941. The van der Waals surface area contributed by atoms with Gasteiger partial charge < -0.3 is 16.0 Å². The van der Waals surface area contributed by atoms with Crippen molar-refractivity contribution in [3.8, 4) is 0 Å². The van der Waals surface area contributed by atoms with Gasteiger partial charge in [-0.2, -0.15) is 0 Å². The fourth-order valence-electron chi connectivity index (χ4n) is 3.32. The quantitative estimate of drug-likeness (QED) is 0.594. The summed E-state index contributed by atoms with van der Waals surface area (Å²) in [6.45, 7) is 11.6. The fourth-order valence-corrected chi connectivity index (χ4v) is 3.32. The molecule has 0 saturated carbocycles. The van der Waals surface area contributed by atoms with E-state index in [-0.39, 0.29) is 23.3 Å². The lowest BCUT2D eigenvalue weighted by Crippen LogP contribution is -2.38. The molecule has 0 unspecified atom stereocenters. The lowest BCUT2D eigenvalue weighted by atomic mass is 9.84. The van der Waals surface area contributed by atoms with Crippen molar-refractivity contribution < 1.29 is 9.59 Å². The van der Waals surface area contributed by atoms with Gasteiger partial charge in [0.25, 0.3) is 11.8 Å². The van der Waals surface area contributed by atoms with Crippen molar-refractivity contribution in [2.75, 3.05) is 18.4 Å². The number of hydrogen-bond acceptors (Lipinski definition) is 5. The first-order chi connectivity index (χ1) is 14.6. The summed E-state index contributed by atoms with van der Waals surface area (Å²) in [4.78, 5) is 29.2. The first-order valence-corrected chi connectivity index (χ1v) is 10.6. The van der Waals surface area contributed by atoms with Crippen molar-refractivity contribution in [2.24, 2.45) is 4.99 Å². The summed E-state index contributed by atoms with van der Waals surface area (Å²) in [7, 11) is 0. The molecule has 2 amide bonds. The average molecular weight is 422 g/mol. The van der Waals surface area contributed by atoms with E-state index in [1.54, 1.807) is 12.1 Å². The van der Waals surface area contributed by atoms with E-state index in [0.717, 1.165) is 23.5 Å². The number of aliphatic imine (C=N–C) groups is 1. The maximum atomic E-state index is 12.7. The molecule has 1 aliphatic heterocycles. The molecule has 31 heavy (non-hydrogen) atoms. The molecule has 7 heteroatoms. The molecule has 7 nitrogen and oxygen atoms in total. The van der Waals surface area contributed by atoms with Crippen molar-refractivity contribution in [3.05, 3.63) is 59.2 Å². The van der Waals surface area contributed by atoms with Gasteiger partial charge in [0.15, 0.2) is 5.96 Å². The van der Waals surface area contributed by atoms with E-state index in [1.807, 2.05) is 44.2 Å². The number of carbonyl (C=O) groups excluding carboxylic acids is 2. The van der Waals surface area contributed by atoms with Crippen LogP contribution < -0.4 is 21.3 Å². The second-order valence-electron chi connectivity index (χ2n) is 8.96. The zero-order valence-electron chi connectivity index (χ0n) is 18.8. The molecule has 3 rings (SSSR count). The van der Waals surface area contributed by atoms with Crippen LogP contribution in [0.5, 0.6) is 0 Å². The molecule has 0 aliphatic carbocycles. The Balaban J connectivity index is 1.86. The molecule has 1 aliphatic rings. The smallest absolute Gasteiger partial charge is 0.257 e. The van der Waals surface area contributed by atoms with Crippen LogP contribution in [-0.4, -0.2) is 36.9 Å². The van der Waals surface area contributed by atoms with Gasteiger partial charge in [0.2, 0.25) is 0 Å². The van der Waals surface area contributed by atoms with Crippen LogP contribution in [0.2, 0.25) is 0 Å². The topological polar surface area (TPSA) is 94.6 Å². The molecule has 164 valence electrons. The highest BCUT2D eigenvalue weighted by atomic mass is 16.2. The largest absolute Gasteiger partial charge is 0.355 e. The van der Waals surface area contributed by atoms with Gasteiger partial charge in [0.1, 0.15) is 0 Å². The highest BCUT2D eigenvalue weighted by Crippen LogP contribution is 2.32. The van der Waals surface area contributed by atoms with Gasteiger partial charge in [-0.1, -0.05) is 26.8 Å². The fraction of sp³-hybridized carbons (Fsp3) is 0.375. The second-order valence-corrected chi connectivity index (χ2v) is 8.96. The molecule has 0 atom stereocenters. The van der Waals surface area contributed by atoms with Crippen LogP contribution in [0.15, 0.2) is 47.5 Å². The van der Waals surface area contributed by atoms with E-state index < -0.39 is 0 Å². The Morgan fingerprint density at radius 2 is 1.77 bits per heavy atom. The number of carbonyl (C=O) groups is 2. The number of nitrogens with zero attached hydrogens (tertiary/aromatic N) is 1. The minimum absolute atomic E-state index is 0.0701.